The van der Waals surface area contributed by atoms with Crippen molar-refractivity contribution in [3.63, 3.8) is 0 Å². The third-order valence-electron chi connectivity index (χ3n) is 6.81. The quantitative estimate of drug-likeness (QED) is 0.229. The smallest absolute Gasteiger partial charge is 0.160 e. The molecule has 0 N–H and O–H groups in total. The van der Waals surface area contributed by atoms with Crippen molar-refractivity contribution in [3.05, 3.63) is 91.3 Å². The van der Waals surface area contributed by atoms with Gasteiger partial charge in [-0.2, -0.15) is 0 Å². The topological polar surface area (TPSA) is 45.2 Å². The number of rotatable bonds is 8. The Hall–Kier alpha value is -3.47. The van der Waals surface area contributed by atoms with Gasteiger partial charge in [-0.3, -0.25) is 4.98 Å². The van der Waals surface area contributed by atoms with E-state index in [0.717, 1.165) is 46.0 Å². The van der Waals surface area contributed by atoms with Crippen LogP contribution in [0.3, 0.4) is 0 Å². The van der Waals surface area contributed by atoms with Gasteiger partial charge in [0.25, 0.3) is 0 Å². The van der Waals surface area contributed by atoms with Crippen LogP contribution in [0.1, 0.15) is 18.4 Å². The van der Waals surface area contributed by atoms with E-state index in [0.29, 0.717) is 16.9 Å². The number of benzene rings is 1. The molecule has 188 valence electrons. The highest BCUT2D eigenvalue weighted by atomic mass is 31.0. The molecule has 0 bridgehead atoms. The van der Waals surface area contributed by atoms with E-state index < -0.39 is 0 Å². The Kier molecular flexibility index (Phi) is 7.68. The van der Waals surface area contributed by atoms with Gasteiger partial charge in [0.1, 0.15) is 5.82 Å². The van der Waals surface area contributed by atoms with Crippen LogP contribution in [0.4, 0.5) is 4.39 Å². The highest BCUT2D eigenvalue weighted by molar-refractivity contribution is 7.28. The number of likely N-dealkylation sites (N-methyl/N-ethyl adjacent to an activating group) is 1. The lowest BCUT2D eigenvalue weighted by atomic mass is 9.98. The van der Waals surface area contributed by atoms with Crippen molar-refractivity contribution in [1.29, 1.82) is 0 Å². The van der Waals surface area contributed by atoms with Crippen LogP contribution >= 0.6 is 9.24 Å². The molecule has 4 heterocycles. The minimum atomic E-state index is -0.302. The summed E-state index contributed by atoms with van der Waals surface area (Å²) in [6.07, 6.45) is 12.0. The van der Waals surface area contributed by atoms with Crippen molar-refractivity contribution in [3.8, 4) is 22.4 Å². The Labute approximate surface area is 220 Å². The predicted octanol–water partition coefficient (Wildman–Crippen LogP) is 5.55. The first-order chi connectivity index (χ1) is 18.0. The summed E-state index contributed by atoms with van der Waals surface area (Å²) in [7, 11) is 4.77. The summed E-state index contributed by atoms with van der Waals surface area (Å²) >= 11 is 0. The van der Waals surface area contributed by atoms with E-state index >= 15 is 0 Å². The summed E-state index contributed by atoms with van der Waals surface area (Å²) in [4.78, 5) is 18.5. The molecule has 0 saturated carbocycles. The van der Waals surface area contributed by atoms with E-state index in [1.165, 1.54) is 38.1 Å². The lowest BCUT2D eigenvalue weighted by Gasteiger charge is -2.21. The number of likely N-dealkylation sites (tertiary alicyclic amines) is 1. The molecule has 1 atom stereocenters. The molecular formula is C30H31FN5P. The first-order valence-electron chi connectivity index (χ1n) is 12.6. The van der Waals surface area contributed by atoms with Crippen molar-refractivity contribution in [1.82, 2.24) is 24.8 Å². The monoisotopic (exact) mass is 511 g/mol. The standard InChI is InChI=1S/C30H31FN5P/c1-3-21(20-35(2)13-14-36-11-4-5-12-36)22-15-23(19-32-18-22)26-17-28(27-16-24(31)8-9-29(27)37)34-30-25(26)7-6-10-33-30/h3,6-10,15-20H,1,4-5,11-14,37H2,2H3/b21-20+. The molecule has 37 heavy (non-hydrogen) atoms. The Bertz CT molecular complexity index is 1460. The molecule has 0 aliphatic carbocycles. The number of fused-ring (bicyclic) bond motifs is 1. The molecule has 0 radical (unpaired) electrons. The van der Waals surface area contributed by atoms with Gasteiger partial charge in [0.05, 0.1) is 5.69 Å². The molecule has 1 saturated heterocycles. The molecule has 7 heteroatoms. The number of nitrogens with zero attached hydrogens (tertiary/aromatic N) is 5. The minimum absolute atomic E-state index is 0.302. The number of hydrogen-bond donors (Lipinski definition) is 0. The third kappa shape index (κ3) is 5.76. The van der Waals surface area contributed by atoms with Gasteiger partial charge in [-0.1, -0.05) is 18.7 Å². The molecule has 4 aromatic rings. The summed E-state index contributed by atoms with van der Waals surface area (Å²) in [5.74, 6) is -0.302. The first-order valence-corrected chi connectivity index (χ1v) is 13.1. The van der Waals surface area contributed by atoms with E-state index in [9.17, 15) is 4.39 Å². The van der Waals surface area contributed by atoms with Crippen LogP contribution in [0, 0.1) is 5.82 Å². The van der Waals surface area contributed by atoms with Gasteiger partial charge < -0.3 is 9.80 Å². The van der Waals surface area contributed by atoms with Gasteiger partial charge in [0.2, 0.25) is 0 Å². The largest absolute Gasteiger partial charge is 0.379 e. The molecule has 5 rings (SSSR count). The number of pyridine rings is 3. The fourth-order valence-corrected chi connectivity index (χ4v) is 5.11. The van der Waals surface area contributed by atoms with Gasteiger partial charge in [-0.15, -0.1) is 9.24 Å². The highest BCUT2D eigenvalue weighted by Gasteiger charge is 2.14. The van der Waals surface area contributed by atoms with E-state index in [4.69, 9.17) is 4.98 Å². The summed E-state index contributed by atoms with van der Waals surface area (Å²) < 4.78 is 14.1. The lowest BCUT2D eigenvalue weighted by molar-refractivity contribution is 0.297. The van der Waals surface area contributed by atoms with Gasteiger partial charge in [-0.25, -0.2) is 14.4 Å². The number of aromatic nitrogens is 3. The van der Waals surface area contributed by atoms with E-state index in [1.54, 1.807) is 12.3 Å². The number of allylic oxidation sites excluding steroid dienone is 2. The van der Waals surface area contributed by atoms with Gasteiger partial charge in [0, 0.05) is 67.0 Å². The molecule has 1 aliphatic heterocycles. The lowest BCUT2D eigenvalue weighted by Crippen LogP contribution is -2.29. The maximum Gasteiger partial charge on any atom is 0.160 e. The van der Waals surface area contributed by atoms with Gasteiger partial charge in [-0.05, 0) is 78.8 Å². The van der Waals surface area contributed by atoms with E-state index in [-0.39, 0.29) is 5.82 Å². The van der Waals surface area contributed by atoms with Crippen LogP contribution in [-0.4, -0.2) is 58.0 Å². The van der Waals surface area contributed by atoms with Crippen LogP contribution in [0.5, 0.6) is 0 Å². The highest BCUT2D eigenvalue weighted by Crippen LogP contribution is 2.32. The van der Waals surface area contributed by atoms with Crippen molar-refractivity contribution in [2.75, 3.05) is 33.2 Å². The second-order valence-electron chi connectivity index (χ2n) is 9.44. The van der Waals surface area contributed by atoms with Crippen molar-refractivity contribution >= 4 is 31.2 Å². The zero-order chi connectivity index (χ0) is 25.8. The molecule has 3 aromatic heterocycles. The predicted molar refractivity (Wildman–Crippen MR) is 154 cm³/mol. The van der Waals surface area contributed by atoms with Crippen molar-refractivity contribution < 1.29 is 4.39 Å². The average Bonchev–Trinajstić information content (AvgIpc) is 3.45. The number of halogens is 1. The van der Waals surface area contributed by atoms with E-state index in [1.807, 2.05) is 36.7 Å². The molecule has 0 spiro atoms. The first kappa shape index (κ1) is 25.2. The maximum atomic E-state index is 14.1. The summed E-state index contributed by atoms with van der Waals surface area (Å²) in [6, 6.07) is 12.7. The average molecular weight is 512 g/mol. The summed E-state index contributed by atoms with van der Waals surface area (Å²) in [5, 5.41) is 1.79. The Morgan fingerprint density at radius 2 is 1.97 bits per heavy atom. The molecule has 1 fully saturated rings. The normalized spacial score (nSPS) is 14.3. The second-order valence-corrected chi connectivity index (χ2v) is 10.1. The van der Waals surface area contributed by atoms with Gasteiger partial charge in [0.15, 0.2) is 5.65 Å². The van der Waals surface area contributed by atoms with Crippen LogP contribution in [-0.2, 0) is 0 Å². The Balaban J connectivity index is 1.52. The fraction of sp³-hybridized carbons (Fsp3) is 0.233. The number of hydrogen-bond acceptors (Lipinski definition) is 5. The minimum Gasteiger partial charge on any atom is -0.379 e. The maximum absolute atomic E-state index is 14.1. The Morgan fingerprint density at radius 3 is 2.78 bits per heavy atom. The molecular weight excluding hydrogens is 480 g/mol. The zero-order valence-corrected chi connectivity index (χ0v) is 22.2. The Morgan fingerprint density at radius 1 is 1.14 bits per heavy atom. The zero-order valence-electron chi connectivity index (χ0n) is 21.1. The van der Waals surface area contributed by atoms with Crippen molar-refractivity contribution in [2.24, 2.45) is 0 Å². The van der Waals surface area contributed by atoms with Crippen LogP contribution in [0.15, 0.2) is 79.9 Å². The molecule has 1 aromatic carbocycles. The molecule has 5 nitrogen and oxygen atoms in total. The van der Waals surface area contributed by atoms with Gasteiger partial charge >= 0.3 is 0 Å². The molecule has 1 unspecified atom stereocenters. The third-order valence-corrected chi connectivity index (χ3v) is 7.31. The van der Waals surface area contributed by atoms with Crippen LogP contribution < -0.4 is 5.30 Å². The van der Waals surface area contributed by atoms with Crippen LogP contribution in [0.25, 0.3) is 39.0 Å². The summed E-state index contributed by atoms with van der Waals surface area (Å²) in [5.41, 5.74) is 5.86. The fourth-order valence-electron chi connectivity index (χ4n) is 4.78. The van der Waals surface area contributed by atoms with Crippen LogP contribution in [0.2, 0.25) is 0 Å². The van der Waals surface area contributed by atoms with E-state index in [2.05, 4.69) is 54.9 Å². The second kappa shape index (κ2) is 11.3. The van der Waals surface area contributed by atoms with Crippen molar-refractivity contribution in [2.45, 2.75) is 12.8 Å². The summed E-state index contributed by atoms with van der Waals surface area (Å²) in [6.45, 7) is 8.47. The molecule has 0 amide bonds. The molecule has 1 aliphatic rings. The SMILES string of the molecule is C=C/C(=C\N(C)CCN1CCCC1)c1cncc(-c2cc(-c3cc(F)ccc3P)nc3ncccc23)c1.